The third kappa shape index (κ3) is 2.36. The first-order chi connectivity index (χ1) is 7.77. The second kappa shape index (κ2) is 4.73. The molecular formula is C9H13N5O2. The van der Waals surface area contributed by atoms with Crippen molar-refractivity contribution < 1.29 is 9.59 Å². The zero-order valence-corrected chi connectivity index (χ0v) is 8.69. The van der Waals surface area contributed by atoms with Crippen molar-refractivity contribution >= 4 is 11.8 Å². The van der Waals surface area contributed by atoms with Crippen molar-refractivity contribution in [2.45, 2.75) is 25.3 Å². The molecule has 16 heavy (non-hydrogen) atoms. The Balaban J connectivity index is 1.97. The average Bonchev–Trinajstić information content (AvgIpc) is 2.73. The monoisotopic (exact) mass is 223 g/mol. The minimum absolute atomic E-state index is 0.122. The van der Waals surface area contributed by atoms with Gasteiger partial charge in [-0.25, -0.2) is 4.98 Å². The summed E-state index contributed by atoms with van der Waals surface area (Å²) in [5.74, 6) is -0.415. The van der Waals surface area contributed by atoms with E-state index in [4.69, 9.17) is 0 Å². The molecule has 1 unspecified atom stereocenters. The van der Waals surface area contributed by atoms with Crippen molar-refractivity contribution in [2.24, 2.45) is 0 Å². The number of H-pyrrole nitrogens is 1. The highest BCUT2D eigenvalue weighted by Gasteiger charge is 2.23. The Morgan fingerprint density at radius 1 is 1.50 bits per heavy atom. The van der Waals surface area contributed by atoms with Gasteiger partial charge in [0.2, 0.25) is 11.7 Å². The van der Waals surface area contributed by atoms with Crippen LogP contribution in [-0.2, 0) is 4.79 Å². The van der Waals surface area contributed by atoms with Crippen LogP contribution >= 0.6 is 0 Å². The molecular weight excluding hydrogens is 210 g/mol. The van der Waals surface area contributed by atoms with Crippen molar-refractivity contribution in [3.05, 3.63) is 12.2 Å². The van der Waals surface area contributed by atoms with E-state index < -0.39 is 11.9 Å². The van der Waals surface area contributed by atoms with Crippen LogP contribution in [0.15, 0.2) is 6.33 Å². The molecule has 1 aromatic rings. The quantitative estimate of drug-likeness (QED) is 0.611. The van der Waals surface area contributed by atoms with Gasteiger partial charge in [-0.1, -0.05) is 0 Å². The summed E-state index contributed by atoms with van der Waals surface area (Å²) in [6, 6.07) is -0.472. The predicted octanol–water partition coefficient (Wildman–Crippen LogP) is -0.797. The lowest BCUT2D eigenvalue weighted by atomic mass is 10.1. The first kappa shape index (κ1) is 10.6. The third-order valence-electron chi connectivity index (χ3n) is 2.47. The zero-order chi connectivity index (χ0) is 11.4. The van der Waals surface area contributed by atoms with Gasteiger partial charge in [0, 0.05) is 6.54 Å². The first-order valence-corrected chi connectivity index (χ1v) is 5.21. The molecule has 0 bridgehead atoms. The summed E-state index contributed by atoms with van der Waals surface area (Å²) in [7, 11) is 0. The molecule has 0 saturated carbocycles. The van der Waals surface area contributed by atoms with E-state index in [1.54, 1.807) is 0 Å². The van der Waals surface area contributed by atoms with Crippen LogP contribution in [0.25, 0.3) is 0 Å². The fraction of sp³-hybridized carbons (Fsp3) is 0.556. The van der Waals surface area contributed by atoms with Gasteiger partial charge in [0.15, 0.2) is 0 Å². The largest absolute Gasteiger partial charge is 0.354 e. The highest BCUT2D eigenvalue weighted by molar-refractivity contribution is 5.94. The van der Waals surface area contributed by atoms with E-state index in [1.165, 1.54) is 6.33 Å². The Morgan fingerprint density at radius 3 is 3.12 bits per heavy atom. The maximum atomic E-state index is 11.6. The first-order valence-electron chi connectivity index (χ1n) is 5.21. The van der Waals surface area contributed by atoms with Gasteiger partial charge in [0.05, 0.1) is 0 Å². The van der Waals surface area contributed by atoms with Crippen LogP contribution in [-0.4, -0.2) is 39.6 Å². The summed E-state index contributed by atoms with van der Waals surface area (Å²) >= 11 is 0. The Hall–Kier alpha value is -1.92. The second-order valence-electron chi connectivity index (χ2n) is 3.65. The van der Waals surface area contributed by atoms with E-state index in [-0.39, 0.29) is 11.7 Å². The molecule has 0 radical (unpaired) electrons. The van der Waals surface area contributed by atoms with Crippen molar-refractivity contribution in [3.63, 3.8) is 0 Å². The fourth-order valence-corrected chi connectivity index (χ4v) is 1.62. The molecule has 1 aliphatic heterocycles. The number of aromatic amines is 1. The molecule has 2 heterocycles. The van der Waals surface area contributed by atoms with E-state index in [0.717, 1.165) is 12.8 Å². The van der Waals surface area contributed by atoms with Crippen molar-refractivity contribution in [1.82, 2.24) is 25.8 Å². The van der Waals surface area contributed by atoms with Crippen molar-refractivity contribution in [1.29, 1.82) is 0 Å². The Bertz CT molecular complexity index is 375. The van der Waals surface area contributed by atoms with E-state index in [2.05, 4.69) is 25.8 Å². The molecule has 1 saturated heterocycles. The highest BCUT2D eigenvalue weighted by atomic mass is 16.2. The Kier molecular flexibility index (Phi) is 3.13. The fourth-order valence-electron chi connectivity index (χ4n) is 1.62. The maximum absolute atomic E-state index is 11.6. The molecule has 0 aliphatic carbocycles. The molecule has 1 aliphatic rings. The standard InChI is InChI=1S/C9H13N5O2/c15-8-6(3-1-2-4-10-8)13-9(16)7-11-5-12-14-7/h5-6H,1-4H2,(H,10,15)(H,13,16)(H,11,12,14). The van der Waals surface area contributed by atoms with Gasteiger partial charge < -0.3 is 10.6 Å². The van der Waals surface area contributed by atoms with Gasteiger partial charge in [0.25, 0.3) is 5.91 Å². The van der Waals surface area contributed by atoms with Gasteiger partial charge >= 0.3 is 0 Å². The van der Waals surface area contributed by atoms with Gasteiger partial charge in [0.1, 0.15) is 12.4 Å². The van der Waals surface area contributed by atoms with E-state index in [9.17, 15) is 9.59 Å². The van der Waals surface area contributed by atoms with Crippen LogP contribution in [0.2, 0.25) is 0 Å². The Morgan fingerprint density at radius 2 is 2.38 bits per heavy atom. The van der Waals surface area contributed by atoms with E-state index in [0.29, 0.717) is 13.0 Å². The van der Waals surface area contributed by atoms with E-state index >= 15 is 0 Å². The number of nitrogens with zero attached hydrogens (tertiary/aromatic N) is 2. The van der Waals surface area contributed by atoms with Crippen molar-refractivity contribution in [2.75, 3.05) is 6.54 Å². The maximum Gasteiger partial charge on any atom is 0.289 e. The van der Waals surface area contributed by atoms with Crippen LogP contribution in [0.4, 0.5) is 0 Å². The van der Waals surface area contributed by atoms with Gasteiger partial charge in [-0.3, -0.25) is 14.7 Å². The number of amides is 2. The highest BCUT2D eigenvalue weighted by Crippen LogP contribution is 2.05. The molecule has 1 atom stereocenters. The van der Waals surface area contributed by atoms with Crippen LogP contribution in [0.5, 0.6) is 0 Å². The molecule has 86 valence electrons. The number of aromatic nitrogens is 3. The normalized spacial score (nSPS) is 21.0. The average molecular weight is 223 g/mol. The second-order valence-corrected chi connectivity index (χ2v) is 3.65. The number of rotatable bonds is 2. The summed E-state index contributed by atoms with van der Waals surface area (Å²) in [5, 5.41) is 11.4. The molecule has 3 N–H and O–H groups in total. The summed E-state index contributed by atoms with van der Waals surface area (Å²) in [4.78, 5) is 26.9. The lowest BCUT2D eigenvalue weighted by molar-refractivity contribution is -0.122. The molecule has 2 rings (SSSR count). The number of carbonyl (C=O) groups is 2. The summed E-state index contributed by atoms with van der Waals surface area (Å²) in [6.07, 6.45) is 3.77. The lowest BCUT2D eigenvalue weighted by Crippen LogP contribution is -2.45. The number of carbonyl (C=O) groups excluding carboxylic acids is 2. The van der Waals surface area contributed by atoms with Crippen LogP contribution in [0, 0.1) is 0 Å². The van der Waals surface area contributed by atoms with Gasteiger partial charge in [-0.2, -0.15) is 5.10 Å². The lowest BCUT2D eigenvalue weighted by Gasteiger charge is -2.13. The minimum Gasteiger partial charge on any atom is -0.354 e. The molecule has 1 fully saturated rings. The summed E-state index contributed by atoms with van der Waals surface area (Å²) in [6.45, 7) is 0.674. The van der Waals surface area contributed by atoms with Crippen LogP contribution in [0.1, 0.15) is 29.9 Å². The molecule has 0 spiro atoms. The molecule has 2 amide bonds. The minimum atomic E-state index is -0.472. The zero-order valence-electron chi connectivity index (χ0n) is 8.69. The Labute approximate surface area is 92.0 Å². The predicted molar refractivity (Wildman–Crippen MR) is 54.5 cm³/mol. The molecule has 0 aromatic carbocycles. The number of nitrogens with one attached hydrogen (secondary N) is 3. The number of hydrogen-bond donors (Lipinski definition) is 3. The SMILES string of the molecule is O=C(NC1CCCCNC1=O)c1ncn[nH]1. The molecule has 7 nitrogen and oxygen atoms in total. The smallest absolute Gasteiger partial charge is 0.289 e. The van der Waals surface area contributed by atoms with Gasteiger partial charge in [-0.15, -0.1) is 0 Å². The number of hydrogen-bond acceptors (Lipinski definition) is 4. The third-order valence-corrected chi connectivity index (χ3v) is 2.47. The van der Waals surface area contributed by atoms with Gasteiger partial charge in [-0.05, 0) is 19.3 Å². The summed E-state index contributed by atoms with van der Waals surface area (Å²) in [5.41, 5.74) is 0. The topological polar surface area (TPSA) is 99.8 Å². The van der Waals surface area contributed by atoms with Crippen molar-refractivity contribution in [3.8, 4) is 0 Å². The van der Waals surface area contributed by atoms with Crippen LogP contribution in [0.3, 0.4) is 0 Å². The van der Waals surface area contributed by atoms with E-state index in [1.807, 2.05) is 0 Å². The molecule has 1 aromatic heterocycles. The van der Waals surface area contributed by atoms with Crippen LogP contribution < -0.4 is 10.6 Å². The molecule has 7 heteroatoms. The summed E-state index contributed by atoms with van der Waals surface area (Å²) < 4.78 is 0.